The Morgan fingerprint density at radius 2 is 1.84 bits per heavy atom. The highest BCUT2D eigenvalue weighted by Gasteiger charge is 2.49. The van der Waals surface area contributed by atoms with Gasteiger partial charge in [-0.3, -0.25) is 9.59 Å². The van der Waals surface area contributed by atoms with E-state index in [1.165, 1.54) is 6.07 Å². The second kappa shape index (κ2) is 6.20. The maximum atomic E-state index is 12.9. The van der Waals surface area contributed by atoms with Crippen LogP contribution in [0.3, 0.4) is 0 Å². The average molecular weight is 376 g/mol. The summed E-state index contributed by atoms with van der Waals surface area (Å²) in [5, 5.41) is 12.0. The first kappa shape index (κ1) is 18.0. The Kier molecular flexibility index (Phi) is 4.47. The predicted molar refractivity (Wildman–Crippen MR) is 84.0 cm³/mol. The smallest absolute Gasteiger partial charge is 0.416 e. The van der Waals surface area contributed by atoms with Gasteiger partial charge in [-0.25, -0.2) is 0 Å². The van der Waals surface area contributed by atoms with Crippen molar-refractivity contribution in [1.29, 1.82) is 0 Å². The zero-order chi connectivity index (χ0) is 18.4. The molecule has 3 rings (SSSR count). The van der Waals surface area contributed by atoms with Crippen LogP contribution < -0.4 is 5.32 Å². The number of carboxylic acids is 1. The average Bonchev–Trinajstić information content (AvgIpc) is 3.11. The molecule has 0 heterocycles. The number of carbonyl (C=O) groups is 2. The third-order valence-corrected chi connectivity index (χ3v) is 5.40. The molecule has 1 amide bonds. The maximum absolute atomic E-state index is 12.9. The van der Waals surface area contributed by atoms with E-state index >= 15 is 0 Å². The Balaban J connectivity index is 1.77. The number of carbonyl (C=O) groups excluding carboxylic acids is 1. The van der Waals surface area contributed by atoms with E-state index in [-0.39, 0.29) is 22.9 Å². The molecule has 1 aromatic carbocycles. The summed E-state index contributed by atoms with van der Waals surface area (Å²) in [7, 11) is 0. The largest absolute Gasteiger partial charge is 0.481 e. The van der Waals surface area contributed by atoms with Crippen LogP contribution in [0.1, 0.15) is 43.2 Å². The van der Waals surface area contributed by atoms with Crippen molar-refractivity contribution in [2.24, 2.45) is 11.8 Å². The second-order valence-electron chi connectivity index (χ2n) is 6.81. The van der Waals surface area contributed by atoms with Crippen LogP contribution in [0.5, 0.6) is 0 Å². The molecule has 2 fully saturated rings. The number of alkyl halides is 3. The van der Waals surface area contributed by atoms with E-state index in [1.807, 2.05) is 0 Å². The number of hydrogen-bond acceptors (Lipinski definition) is 2. The number of aliphatic carboxylic acids is 1. The molecule has 0 bridgehead atoms. The van der Waals surface area contributed by atoms with Gasteiger partial charge in [0.1, 0.15) is 0 Å². The predicted octanol–water partition coefficient (Wildman–Crippen LogP) is 3.97. The van der Waals surface area contributed by atoms with E-state index in [2.05, 4.69) is 5.32 Å². The van der Waals surface area contributed by atoms with E-state index in [1.54, 1.807) is 0 Å². The summed E-state index contributed by atoms with van der Waals surface area (Å²) in [6, 6.07) is 3.10. The van der Waals surface area contributed by atoms with Crippen LogP contribution in [0.4, 0.5) is 13.2 Å². The molecule has 1 aromatic rings. The first-order valence-corrected chi connectivity index (χ1v) is 8.42. The van der Waals surface area contributed by atoms with Crippen LogP contribution >= 0.6 is 11.6 Å². The molecule has 0 spiro atoms. The van der Waals surface area contributed by atoms with Gasteiger partial charge in [0.2, 0.25) is 5.91 Å². The number of nitrogens with one attached hydrogen (secondary N) is 1. The fourth-order valence-corrected chi connectivity index (χ4v) is 3.74. The van der Waals surface area contributed by atoms with Crippen LogP contribution in [-0.2, 0) is 21.3 Å². The topological polar surface area (TPSA) is 66.4 Å². The van der Waals surface area contributed by atoms with Crippen molar-refractivity contribution >= 4 is 23.5 Å². The molecular weight excluding hydrogens is 359 g/mol. The van der Waals surface area contributed by atoms with Gasteiger partial charge in [0, 0.05) is 10.9 Å². The molecule has 0 unspecified atom stereocenters. The zero-order valence-electron chi connectivity index (χ0n) is 13.2. The van der Waals surface area contributed by atoms with Gasteiger partial charge < -0.3 is 10.4 Å². The molecule has 136 valence electrons. The molecule has 2 aliphatic carbocycles. The van der Waals surface area contributed by atoms with Crippen LogP contribution in [0.2, 0.25) is 5.02 Å². The number of halogens is 4. The van der Waals surface area contributed by atoms with Crippen molar-refractivity contribution in [2.75, 3.05) is 0 Å². The zero-order valence-corrected chi connectivity index (χ0v) is 14.0. The Morgan fingerprint density at radius 1 is 1.20 bits per heavy atom. The van der Waals surface area contributed by atoms with Crippen molar-refractivity contribution in [3.8, 4) is 0 Å². The fourth-order valence-electron chi connectivity index (χ4n) is 3.44. The van der Waals surface area contributed by atoms with Gasteiger partial charge in [-0.15, -0.1) is 0 Å². The molecule has 2 aliphatic rings. The first-order chi connectivity index (χ1) is 11.6. The van der Waals surface area contributed by atoms with Gasteiger partial charge in [0.25, 0.3) is 0 Å². The van der Waals surface area contributed by atoms with Gasteiger partial charge >= 0.3 is 12.1 Å². The minimum atomic E-state index is -4.49. The summed E-state index contributed by atoms with van der Waals surface area (Å²) in [4.78, 5) is 23.5. The molecule has 4 nitrogen and oxygen atoms in total. The Labute approximate surface area is 147 Å². The lowest BCUT2D eigenvalue weighted by molar-refractivity contribution is -0.141. The molecule has 25 heavy (non-hydrogen) atoms. The van der Waals surface area contributed by atoms with Crippen molar-refractivity contribution in [3.05, 3.63) is 34.3 Å². The van der Waals surface area contributed by atoms with E-state index in [9.17, 15) is 22.8 Å². The molecule has 0 aliphatic heterocycles. The van der Waals surface area contributed by atoms with Crippen molar-refractivity contribution < 1.29 is 27.9 Å². The van der Waals surface area contributed by atoms with Crippen molar-refractivity contribution in [3.63, 3.8) is 0 Å². The third-order valence-electron chi connectivity index (χ3n) is 5.07. The number of hydrogen-bond donors (Lipinski definition) is 2. The number of benzene rings is 1. The number of amides is 1. The van der Waals surface area contributed by atoms with Gasteiger partial charge in [0.15, 0.2) is 0 Å². The molecule has 0 radical (unpaired) electrons. The normalized spacial score (nSPS) is 24.8. The Bertz CT molecular complexity index is 716. The molecule has 2 atom stereocenters. The van der Waals surface area contributed by atoms with E-state index < -0.39 is 35.1 Å². The van der Waals surface area contributed by atoms with Crippen LogP contribution in [-0.4, -0.2) is 17.0 Å². The van der Waals surface area contributed by atoms with Crippen molar-refractivity contribution in [2.45, 2.75) is 43.8 Å². The highest BCUT2D eigenvalue weighted by Crippen LogP contribution is 2.50. The maximum Gasteiger partial charge on any atom is 0.416 e. The fraction of sp³-hybridized carbons (Fsp3) is 0.529. The SMILES string of the molecule is O=C(O)[C@@H]1CC[C@H](C(=O)NC2(c3cc(C(F)(F)F)ccc3Cl)CC2)C1. The summed E-state index contributed by atoms with van der Waals surface area (Å²) < 4.78 is 38.8. The quantitative estimate of drug-likeness (QED) is 0.837. The lowest BCUT2D eigenvalue weighted by Crippen LogP contribution is -2.39. The molecule has 2 N–H and O–H groups in total. The molecule has 0 saturated heterocycles. The molecule has 8 heteroatoms. The Morgan fingerprint density at radius 3 is 2.36 bits per heavy atom. The summed E-state index contributed by atoms with van der Waals surface area (Å²) in [6.45, 7) is 0. The first-order valence-electron chi connectivity index (χ1n) is 8.04. The summed E-state index contributed by atoms with van der Waals surface area (Å²) in [5.41, 5.74) is -1.42. The van der Waals surface area contributed by atoms with E-state index in [0.717, 1.165) is 12.1 Å². The van der Waals surface area contributed by atoms with E-state index in [0.29, 0.717) is 25.7 Å². The standard InChI is InChI=1S/C17H17ClF3NO3/c18-13-4-3-11(17(19,20)21)8-12(13)16(5-6-16)22-14(23)9-1-2-10(7-9)15(24)25/h3-4,8-10H,1-2,5-7H2,(H,22,23)(H,24,25)/t9-,10+/m0/s1. The van der Waals surface area contributed by atoms with Gasteiger partial charge in [0.05, 0.1) is 17.0 Å². The second-order valence-corrected chi connectivity index (χ2v) is 7.22. The monoisotopic (exact) mass is 375 g/mol. The lowest BCUT2D eigenvalue weighted by atomic mass is 9.99. The molecule has 0 aromatic heterocycles. The van der Waals surface area contributed by atoms with E-state index in [4.69, 9.17) is 16.7 Å². The number of carboxylic acid groups (broad SMARTS) is 1. The van der Waals surface area contributed by atoms with Gasteiger partial charge in [-0.2, -0.15) is 13.2 Å². The lowest BCUT2D eigenvalue weighted by Gasteiger charge is -2.22. The highest BCUT2D eigenvalue weighted by atomic mass is 35.5. The van der Waals surface area contributed by atoms with Crippen LogP contribution in [0.15, 0.2) is 18.2 Å². The molecular formula is C17H17ClF3NO3. The van der Waals surface area contributed by atoms with Crippen LogP contribution in [0.25, 0.3) is 0 Å². The number of rotatable bonds is 4. The minimum absolute atomic E-state index is 0.181. The minimum Gasteiger partial charge on any atom is -0.481 e. The Hall–Kier alpha value is -1.76. The van der Waals surface area contributed by atoms with Gasteiger partial charge in [-0.1, -0.05) is 11.6 Å². The van der Waals surface area contributed by atoms with Crippen LogP contribution in [0, 0.1) is 11.8 Å². The summed E-state index contributed by atoms with van der Waals surface area (Å²) in [5.74, 6) is -2.20. The van der Waals surface area contributed by atoms with Gasteiger partial charge in [-0.05, 0) is 55.9 Å². The molecule has 2 saturated carbocycles. The summed E-state index contributed by atoms with van der Waals surface area (Å²) in [6.07, 6.45) is -2.31. The summed E-state index contributed by atoms with van der Waals surface area (Å²) >= 11 is 6.08. The third kappa shape index (κ3) is 3.61. The highest BCUT2D eigenvalue weighted by molar-refractivity contribution is 6.31. The van der Waals surface area contributed by atoms with Crippen molar-refractivity contribution in [1.82, 2.24) is 5.32 Å².